The van der Waals surface area contributed by atoms with E-state index in [-0.39, 0.29) is 5.78 Å². The average Bonchev–Trinajstić information content (AvgIpc) is 2.17. The molecule has 3 nitrogen and oxygen atoms in total. The third-order valence-electron chi connectivity index (χ3n) is 2.71. The minimum Gasteiger partial charge on any atom is -0.353 e. The third-order valence-corrected chi connectivity index (χ3v) is 2.71. The highest BCUT2D eigenvalue weighted by atomic mass is 16.1. The summed E-state index contributed by atoms with van der Waals surface area (Å²) in [5.74, 6) is 0.129. The van der Waals surface area contributed by atoms with Crippen molar-refractivity contribution in [3.8, 4) is 0 Å². The molecule has 1 aromatic carbocycles. The Kier molecular flexibility index (Phi) is 4.21. The monoisotopic (exact) mass is 222 g/mol. The van der Waals surface area contributed by atoms with Crippen LogP contribution in [0.3, 0.4) is 0 Å². The summed E-state index contributed by atoms with van der Waals surface area (Å²) >= 11 is 0. The lowest BCUT2D eigenvalue weighted by molar-refractivity contribution is -0.908. The van der Waals surface area contributed by atoms with E-state index in [9.17, 15) is 4.79 Å². The molecule has 1 rings (SSSR count). The maximum Gasteiger partial charge on any atom is 0.159 e. The molecule has 0 atom stereocenters. The third kappa shape index (κ3) is 3.76. The Bertz CT molecular complexity index is 372. The van der Waals surface area contributed by atoms with Crippen LogP contribution in [0.5, 0.6) is 0 Å². The molecule has 0 aliphatic rings. The highest BCUT2D eigenvalue weighted by Gasteiger charge is 2.15. The summed E-state index contributed by atoms with van der Waals surface area (Å²) in [5, 5.41) is 0. The second kappa shape index (κ2) is 5.23. The van der Waals surface area contributed by atoms with Crippen molar-refractivity contribution in [1.29, 1.82) is 0 Å². The molecule has 0 bridgehead atoms. The molecule has 0 aliphatic carbocycles. The molecule has 16 heavy (non-hydrogen) atoms. The molecule has 0 radical (unpaired) electrons. The van der Waals surface area contributed by atoms with Gasteiger partial charge < -0.3 is 10.2 Å². The smallest absolute Gasteiger partial charge is 0.159 e. The molecule has 0 saturated heterocycles. The van der Waals surface area contributed by atoms with E-state index < -0.39 is 0 Å². The number of carbonyl (C=O) groups excluding carboxylic acids is 1. The van der Waals surface area contributed by atoms with Crippen molar-refractivity contribution >= 4 is 5.78 Å². The van der Waals surface area contributed by atoms with Crippen LogP contribution in [0.4, 0.5) is 0 Å². The summed E-state index contributed by atoms with van der Waals surface area (Å²) in [6.45, 7) is 4.52. The zero-order chi connectivity index (χ0) is 12.2. The van der Waals surface area contributed by atoms with Crippen molar-refractivity contribution in [1.82, 2.24) is 0 Å². The van der Waals surface area contributed by atoms with Crippen LogP contribution in [0, 0.1) is 0 Å². The minimum absolute atomic E-state index is 0.129. The summed E-state index contributed by atoms with van der Waals surface area (Å²) in [5.41, 5.74) is 5.90. The average molecular weight is 222 g/mol. The van der Waals surface area contributed by atoms with Gasteiger partial charge in [-0.05, 0) is 13.0 Å². The number of hydrogen-bond donors (Lipinski definition) is 1. The quantitative estimate of drug-likeness (QED) is 0.579. The molecule has 0 aliphatic heterocycles. The lowest BCUT2D eigenvalue weighted by Crippen LogP contribution is -2.58. The fourth-order valence-corrected chi connectivity index (χ4v) is 1.89. The number of benzene rings is 1. The van der Waals surface area contributed by atoms with Crippen LogP contribution in [0.25, 0.3) is 0 Å². The number of nitrogens with zero attached hydrogens (tertiary/aromatic N) is 1. The first-order valence-electron chi connectivity index (χ1n) is 5.66. The SMILES string of the molecule is CC(=O)c1cccc(C[N+](C)(C)CC[NH3+])c1. The minimum atomic E-state index is 0.129. The van der Waals surface area contributed by atoms with Gasteiger partial charge in [0.05, 0.1) is 14.1 Å². The number of rotatable bonds is 5. The Hall–Kier alpha value is -1.19. The fraction of sp³-hybridized carbons (Fsp3) is 0.462. The van der Waals surface area contributed by atoms with E-state index in [0.29, 0.717) is 0 Å². The predicted molar refractivity (Wildman–Crippen MR) is 64.9 cm³/mol. The number of ketones is 1. The van der Waals surface area contributed by atoms with Crippen molar-refractivity contribution in [2.75, 3.05) is 27.2 Å². The molecular weight excluding hydrogens is 200 g/mol. The molecule has 0 amide bonds. The van der Waals surface area contributed by atoms with E-state index in [1.54, 1.807) is 6.92 Å². The predicted octanol–water partition coefficient (Wildman–Crippen LogP) is 0.708. The number of Topliss-reactive ketones (excluding diaryl/α,β-unsaturated/α-hetero) is 1. The molecule has 0 heterocycles. The van der Waals surface area contributed by atoms with E-state index in [1.807, 2.05) is 18.2 Å². The molecular formula is C13H22N2O+2. The lowest BCUT2D eigenvalue weighted by atomic mass is 10.1. The van der Waals surface area contributed by atoms with Crippen molar-refractivity contribution in [3.05, 3.63) is 35.4 Å². The van der Waals surface area contributed by atoms with Crippen molar-refractivity contribution in [2.45, 2.75) is 13.5 Å². The molecule has 88 valence electrons. The first-order chi connectivity index (χ1) is 7.44. The normalized spacial score (nSPS) is 11.5. The van der Waals surface area contributed by atoms with E-state index in [4.69, 9.17) is 0 Å². The van der Waals surface area contributed by atoms with Gasteiger partial charge in [0, 0.05) is 11.1 Å². The van der Waals surface area contributed by atoms with Crippen LogP contribution in [0.1, 0.15) is 22.8 Å². The standard InChI is InChI=1S/C13H21N2O/c1-11(16)13-6-4-5-12(9-13)10-15(2,3)8-7-14/h4-6,9H,7-8,10,14H2,1-3H3/q+1/p+1. The highest BCUT2D eigenvalue weighted by molar-refractivity contribution is 5.94. The lowest BCUT2D eigenvalue weighted by Gasteiger charge is -2.28. The van der Waals surface area contributed by atoms with Gasteiger partial charge in [-0.2, -0.15) is 0 Å². The van der Waals surface area contributed by atoms with E-state index in [1.165, 1.54) is 5.56 Å². The number of hydrogen-bond acceptors (Lipinski definition) is 1. The molecule has 0 unspecified atom stereocenters. The summed E-state index contributed by atoms with van der Waals surface area (Å²) in [4.78, 5) is 11.3. The largest absolute Gasteiger partial charge is 0.353 e. The fourth-order valence-electron chi connectivity index (χ4n) is 1.89. The molecule has 3 heteroatoms. The van der Waals surface area contributed by atoms with Gasteiger partial charge >= 0.3 is 0 Å². The van der Waals surface area contributed by atoms with Crippen molar-refractivity contribution in [2.24, 2.45) is 0 Å². The van der Waals surface area contributed by atoms with Crippen LogP contribution < -0.4 is 5.73 Å². The van der Waals surface area contributed by atoms with Gasteiger partial charge in [-0.15, -0.1) is 0 Å². The van der Waals surface area contributed by atoms with Gasteiger partial charge in [0.2, 0.25) is 0 Å². The summed E-state index contributed by atoms with van der Waals surface area (Å²) in [6.07, 6.45) is 0. The van der Waals surface area contributed by atoms with Crippen LogP contribution >= 0.6 is 0 Å². The molecule has 0 saturated carbocycles. The molecule has 0 spiro atoms. The zero-order valence-electron chi connectivity index (χ0n) is 10.5. The first-order valence-corrected chi connectivity index (χ1v) is 5.66. The Morgan fingerprint density at radius 1 is 1.38 bits per heavy atom. The van der Waals surface area contributed by atoms with E-state index in [0.717, 1.165) is 29.7 Å². The van der Waals surface area contributed by atoms with E-state index >= 15 is 0 Å². The summed E-state index contributed by atoms with van der Waals surface area (Å²) in [6, 6.07) is 7.89. The van der Waals surface area contributed by atoms with Crippen molar-refractivity contribution < 1.29 is 15.0 Å². The van der Waals surface area contributed by atoms with Gasteiger partial charge in [0.1, 0.15) is 19.6 Å². The summed E-state index contributed by atoms with van der Waals surface area (Å²) < 4.78 is 0.908. The Labute approximate surface area is 97.5 Å². The second-order valence-corrected chi connectivity index (χ2v) is 4.93. The van der Waals surface area contributed by atoms with Crippen LogP contribution in [-0.4, -0.2) is 37.5 Å². The zero-order valence-corrected chi connectivity index (χ0v) is 10.5. The Morgan fingerprint density at radius 2 is 2.06 bits per heavy atom. The maximum absolute atomic E-state index is 11.3. The van der Waals surface area contributed by atoms with Crippen molar-refractivity contribution in [3.63, 3.8) is 0 Å². The summed E-state index contributed by atoms with van der Waals surface area (Å²) in [7, 11) is 4.37. The molecule has 1 aromatic rings. The van der Waals surface area contributed by atoms with Gasteiger partial charge in [0.15, 0.2) is 5.78 Å². The maximum atomic E-state index is 11.3. The van der Waals surface area contributed by atoms with E-state index in [2.05, 4.69) is 25.9 Å². The Morgan fingerprint density at radius 3 is 2.62 bits per heavy atom. The Balaban J connectivity index is 2.81. The molecule has 0 fully saturated rings. The van der Waals surface area contributed by atoms with Gasteiger partial charge in [-0.1, -0.05) is 18.2 Å². The topological polar surface area (TPSA) is 44.7 Å². The number of likely N-dealkylation sites (N-methyl/N-ethyl adjacent to an activating group) is 1. The number of quaternary nitrogens is 2. The first kappa shape index (κ1) is 12.9. The molecule has 3 N–H and O–H groups in total. The van der Waals surface area contributed by atoms with Crippen LogP contribution in [0.2, 0.25) is 0 Å². The van der Waals surface area contributed by atoms with Gasteiger partial charge in [-0.3, -0.25) is 4.79 Å². The van der Waals surface area contributed by atoms with Gasteiger partial charge in [-0.25, -0.2) is 0 Å². The van der Waals surface area contributed by atoms with Crippen LogP contribution in [0.15, 0.2) is 24.3 Å². The highest BCUT2D eigenvalue weighted by Crippen LogP contribution is 2.11. The second-order valence-electron chi connectivity index (χ2n) is 4.93. The number of carbonyl (C=O) groups is 1. The van der Waals surface area contributed by atoms with Gasteiger partial charge in [0.25, 0.3) is 0 Å². The molecule has 0 aromatic heterocycles. The van der Waals surface area contributed by atoms with Crippen LogP contribution in [-0.2, 0) is 6.54 Å².